The van der Waals surface area contributed by atoms with Crippen molar-refractivity contribution in [1.29, 1.82) is 0 Å². The summed E-state index contributed by atoms with van der Waals surface area (Å²) in [7, 11) is 1.81. The Hall–Kier alpha value is -1.96. The fraction of sp³-hybridized carbons (Fsp3) is 0.312. The molecule has 0 radical (unpaired) electrons. The summed E-state index contributed by atoms with van der Waals surface area (Å²) < 4.78 is 0.702. The van der Waals surface area contributed by atoms with Gasteiger partial charge in [0.05, 0.1) is 15.8 Å². The number of rotatable bonds is 6. The summed E-state index contributed by atoms with van der Waals surface area (Å²) in [6, 6.07) is 6.83. The molecule has 0 unspecified atom stereocenters. The van der Waals surface area contributed by atoms with Crippen LogP contribution in [0.2, 0.25) is 4.34 Å². The molecule has 24 heavy (non-hydrogen) atoms. The lowest BCUT2D eigenvalue weighted by Crippen LogP contribution is -2.29. The molecular formula is C16H18ClN3O3S. The van der Waals surface area contributed by atoms with Gasteiger partial charge in [-0.2, -0.15) is 0 Å². The second kappa shape index (κ2) is 7.74. The Kier molecular flexibility index (Phi) is 5.93. The second-order valence-electron chi connectivity index (χ2n) is 5.64. The van der Waals surface area contributed by atoms with E-state index in [1.54, 1.807) is 13.0 Å². The molecule has 0 aliphatic carbocycles. The number of nitrogens with one attached hydrogen (secondary N) is 1. The minimum atomic E-state index is -0.487. The summed E-state index contributed by atoms with van der Waals surface area (Å²) in [6.45, 7) is 4.36. The van der Waals surface area contributed by atoms with Crippen LogP contribution in [0.1, 0.15) is 16.0 Å². The number of amides is 1. The number of benzene rings is 1. The molecule has 2 aromatic rings. The third kappa shape index (κ3) is 4.77. The second-order valence-corrected chi connectivity index (χ2v) is 7.44. The minimum absolute atomic E-state index is 0.0980. The van der Waals surface area contributed by atoms with Gasteiger partial charge in [0, 0.05) is 17.5 Å². The van der Waals surface area contributed by atoms with Crippen molar-refractivity contribution in [2.75, 3.05) is 18.9 Å². The molecular weight excluding hydrogens is 350 g/mol. The maximum Gasteiger partial charge on any atom is 0.293 e. The van der Waals surface area contributed by atoms with Gasteiger partial charge in [0.1, 0.15) is 5.69 Å². The van der Waals surface area contributed by atoms with Gasteiger partial charge in [0.25, 0.3) is 5.69 Å². The van der Waals surface area contributed by atoms with Gasteiger partial charge < -0.3 is 5.32 Å². The highest BCUT2D eigenvalue weighted by Crippen LogP contribution is 2.28. The van der Waals surface area contributed by atoms with Crippen molar-refractivity contribution in [2.24, 2.45) is 0 Å². The quantitative estimate of drug-likeness (QED) is 0.618. The van der Waals surface area contributed by atoms with E-state index in [0.29, 0.717) is 10.9 Å². The van der Waals surface area contributed by atoms with Crippen molar-refractivity contribution in [3.63, 3.8) is 0 Å². The van der Waals surface area contributed by atoms with Crippen LogP contribution in [0.4, 0.5) is 11.4 Å². The first kappa shape index (κ1) is 18.4. The molecule has 0 saturated carbocycles. The molecule has 0 atom stereocenters. The molecule has 2 rings (SSSR count). The first-order chi connectivity index (χ1) is 11.3. The Bertz CT molecular complexity index is 776. The fourth-order valence-electron chi connectivity index (χ4n) is 2.25. The summed E-state index contributed by atoms with van der Waals surface area (Å²) in [5.74, 6) is -0.300. The smallest absolute Gasteiger partial charge is 0.293 e. The van der Waals surface area contributed by atoms with E-state index in [-0.39, 0.29) is 23.8 Å². The summed E-state index contributed by atoms with van der Waals surface area (Å²) in [5, 5.41) is 13.8. The monoisotopic (exact) mass is 367 g/mol. The normalized spacial score (nSPS) is 10.9. The number of thiophene rings is 1. The average molecular weight is 368 g/mol. The van der Waals surface area contributed by atoms with Gasteiger partial charge in [-0.1, -0.05) is 11.6 Å². The largest absolute Gasteiger partial charge is 0.319 e. The average Bonchev–Trinajstić information content (AvgIpc) is 2.87. The van der Waals surface area contributed by atoms with E-state index in [9.17, 15) is 14.9 Å². The lowest BCUT2D eigenvalue weighted by molar-refractivity contribution is -0.384. The summed E-state index contributed by atoms with van der Waals surface area (Å²) in [5.41, 5.74) is 1.82. The highest BCUT2D eigenvalue weighted by atomic mass is 35.5. The number of carbonyl (C=O) groups excluding carboxylic acids is 1. The summed E-state index contributed by atoms with van der Waals surface area (Å²) in [6.07, 6.45) is 0. The molecule has 0 saturated heterocycles. The molecule has 0 bridgehead atoms. The van der Waals surface area contributed by atoms with E-state index in [2.05, 4.69) is 5.32 Å². The van der Waals surface area contributed by atoms with Crippen molar-refractivity contribution < 1.29 is 9.72 Å². The molecule has 0 aliphatic rings. The fourth-order valence-corrected chi connectivity index (χ4v) is 3.41. The number of hydrogen-bond acceptors (Lipinski definition) is 5. The highest BCUT2D eigenvalue weighted by molar-refractivity contribution is 7.16. The lowest BCUT2D eigenvalue weighted by atomic mass is 10.1. The summed E-state index contributed by atoms with van der Waals surface area (Å²) >= 11 is 7.35. The first-order valence-corrected chi connectivity index (χ1v) is 8.44. The highest BCUT2D eigenvalue weighted by Gasteiger charge is 2.18. The van der Waals surface area contributed by atoms with Crippen molar-refractivity contribution >= 4 is 40.2 Å². The maximum absolute atomic E-state index is 12.2. The molecule has 6 nitrogen and oxygen atoms in total. The number of anilines is 1. The van der Waals surface area contributed by atoms with E-state index < -0.39 is 4.92 Å². The number of aryl methyl sites for hydroxylation is 2. The minimum Gasteiger partial charge on any atom is -0.319 e. The Morgan fingerprint density at radius 2 is 2.00 bits per heavy atom. The van der Waals surface area contributed by atoms with E-state index >= 15 is 0 Å². The van der Waals surface area contributed by atoms with Crippen LogP contribution < -0.4 is 5.32 Å². The van der Waals surface area contributed by atoms with Crippen molar-refractivity contribution in [2.45, 2.75) is 20.4 Å². The predicted molar refractivity (Wildman–Crippen MR) is 96.9 cm³/mol. The van der Waals surface area contributed by atoms with Crippen LogP contribution in [0.3, 0.4) is 0 Å². The SMILES string of the molecule is Cc1cc(NC(=O)CN(C)Cc2ccc(Cl)s2)c([N+](=O)[O-])cc1C. The Balaban J connectivity index is 2.04. The third-order valence-electron chi connectivity index (χ3n) is 3.55. The molecule has 1 aromatic heterocycles. The number of nitro groups is 1. The van der Waals surface area contributed by atoms with Crippen molar-refractivity contribution in [1.82, 2.24) is 4.90 Å². The van der Waals surface area contributed by atoms with Gasteiger partial charge in [-0.15, -0.1) is 11.3 Å². The van der Waals surface area contributed by atoms with Crippen LogP contribution in [-0.4, -0.2) is 29.3 Å². The van der Waals surface area contributed by atoms with Crippen LogP contribution >= 0.6 is 22.9 Å². The Labute approximate surface area is 149 Å². The number of likely N-dealkylation sites (N-methyl/N-ethyl adjacent to an activating group) is 1. The number of nitrogens with zero attached hydrogens (tertiary/aromatic N) is 2. The van der Waals surface area contributed by atoms with Gasteiger partial charge in [0.2, 0.25) is 5.91 Å². The number of carbonyl (C=O) groups is 1. The summed E-state index contributed by atoms with van der Waals surface area (Å²) in [4.78, 5) is 25.7. The maximum atomic E-state index is 12.2. The molecule has 8 heteroatoms. The Morgan fingerprint density at radius 3 is 2.58 bits per heavy atom. The van der Waals surface area contributed by atoms with E-state index in [1.807, 2.05) is 31.0 Å². The molecule has 0 spiro atoms. The first-order valence-electron chi connectivity index (χ1n) is 7.24. The lowest BCUT2D eigenvalue weighted by Gasteiger charge is -2.15. The van der Waals surface area contributed by atoms with Crippen molar-refractivity contribution in [3.05, 3.63) is 54.7 Å². The van der Waals surface area contributed by atoms with Gasteiger partial charge >= 0.3 is 0 Å². The number of hydrogen-bond donors (Lipinski definition) is 1. The topological polar surface area (TPSA) is 75.5 Å². The predicted octanol–water partition coefficient (Wildman–Crippen LogP) is 4.00. The number of halogens is 1. The van der Waals surface area contributed by atoms with Gasteiger partial charge in [-0.05, 0) is 50.2 Å². The van der Waals surface area contributed by atoms with Gasteiger partial charge in [-0.25, -0.2) is 0 Å². The standard InChI is InChI=1S/C16H18ClN3O3S/c1-10-6-13(14(20(22)23)7-11(10)2)18-16(21)9-19(3)8-12-4-5-15(17)24-12/h4-7H,8-9H2,1-3H3,(H,18,21). The van der Waals surface area contributed by atoms with Gasteiger partial charge in [0.15, 0.2) is 0 Å². The zero-order valence-electron chi connectivity index (χ0n) is 13.6. The van der Waals surface area contributed by atoms with Crippen LogP contribution in [0, 0.1) is 24.0 Å². The van der Waals surface area contributed by atoms with Crippen molar-refractivity contribution in [3.8, 4) is 0 Å². The zero-order valence-corrected chi connectivity index (χ0v) is 15.2. The molecule has 1 amide bonds. The molecule has 128 valence electrons. The van der Waals surface area contributed by atoms with Crippen LogP contribution in [0.5, 0.6) is 0 Å². The molecule has 0 aliphatic heterocycles. The van der Waals surface area contributed by atoms with Crippen LogP contribution in [0.25, 0.3) is 0 Å². The zero-order chi connectivity index (χ0) is 17.9. The van der Waals surface area contributed by atoms with Crippen LogP contribution in [-0.2, 0) is 11.3 Å². The molecule has 1 N–H and O–H groups in total. The van der Waals surface area contributed by atoms with Crippen LogP contribution in [0.15, 0.2) is 24.3 Å². The molecule has 1 heterocycles. The van der Waals surface area contributed by atoms with Gasteiger partial charge in [-0.3, -0.25) is 19.8 Å². The number of nitro benzene ring substituents is 1. The van der Waals surface area contributed by atoms with E-state index in [4.69, 9.17) is 11.6 Å². The molecule has 1 aromatic carbocycles. The van der Waals surface area contributed by atoms with E-state index in [1.165, 1.54) is 17.4 Å². The van der Waals surface area contributed by atoms with E-state index in [0.717, 1.165) is 16.0 Å². The Morgan fingerprint density at radius 1 is 1.33 bits per heavy atom. The third-order valence-corrected chi connectivity index (χ3v) is 4.77. The molecule has 0 fully saturated rings.